The molecule has 1 heterocycles. The number of halogens is 2. The fraction of sp³-hybridized carbons (Fsp3) is 0.174. The van der Waals surface area contributed by atoms with E-state index in [2.05, 4.69) is 4.98 Å². The Bertz CT molecular complexity index is 1340. The molecule has 4 aromatic rings. The third kappa shape index (κ3) is 2.93. The number of hydrogen-bond donors (Lipinski definition) is 4. The second kappa shape index (κ2) is 7.20. The molecule has 5 N–H and O–H groups in total. The van der Waals surface area contributed by atoms with E-state index >= 15 is 0 Å². The first kappa shape index (κ1) is 20.5. The molecule has 0 radical (unpaired) electrons. The lowest BCUT2D eigenvalue weighted by atomic mass is 9.91. The maximum Gasteiger partial charge on any atom is 0.260 e. The molecule has 0 saturated heterocycles. The Hall–Kier alpha value is -2.73. The molecule has 1 saturated carbocycles. The summed E-state index contributed by atoms with van der Waals surface area (Å²) in [6.07, 6.45) is 2.17. The van der Waals surface area contributed by atoms with E-state index in [1.165, 1.54) is 17.7 Å². The zero-order valence-electron chi connectivity index (χ0n) is 15.9. The predicted molar refractivity (Wildman–Crippen MR) is 123 cm³/mol. The van der Waals surface area contributed by atoms with E-state index in [9.17, 15) is 15.0 Å². The molecule has 0 bridgehead atoms. The normalized spacial score (nSPS) is 14.6. The van der Waals surface area contributed by atoms with Gasteiger partial charge < -0.3 is 20.9 Å². The molecule has 0 spiro atoms. The van der Waals surface area contributed by atoms with E-state index in [0.717, 1.165) is 18.4 Å². The van der Waals surface area contributed by atoms with Crippen molar-refractivity contribution in [2.45, 2.75) is 18.3 Å². The van der Waals surface area contributed by atoms with Crippen molar-refractivity contribution in [3.05, 3.63) is 69.5 Å². The quantitative estimate of drug-likeness (QED) is 0.341. The number of aromatic nitrogens is 1. The number of phenolic OH excluding ortho intramolecular Hbond substituents is 2. The van der Waals surface area contributed by atoms with Crippen LogP contribution in [0.15, 0.2) is 53.3 Å². The summed E-state index contributed by atoms with van der Waals surface area (Å²) < 4.78 is 0. The fourth-order valence-corrected chi connectivity index (χ4v) is 4.48. The average molecular weight is 443 g/mol. The third-order valence-electron chi connectivity index (χ3n) is 6.07. The highest BCUT2D eigenvalue weighted by Crippen LogP contribution is 2.48. The van der Waals surface area contributed by atoms with Crippen molar-refractivity contribution in [1.29, 1.82) is 0 Å². The Balaban J connectivity index is 0.00000218. The van der Waals surface area contributed by atoms with Gasteiger partial charge in [-0.1, -0.05) is 48.0 Å². The Labute approximate surface area is 183 Å². The number of hydrogen-bond acceptors (Lipinski definition) is 4. The van der Waals surface area contributed by atoms with Crippen molar-refractivity contribution in [1.82, 2.24) is 4.98 Å². The van der Waals surface area contributed by atoms with E-state index in [1.54, 1.807) is 12.1 Å². The Morgan fingerprint density at radius 1 is 1.03 bits per heavy atom. The van der Waals surface area contributed by atoms with Gasteiger partial charge in [-0.2, -0.15) is 0 Å². The average Bonchev–Trinajstić information content (AvgIpc) is 3.51. The maximum absolute atomic E-state index is 12.5. The number of aromatic hydroxyl groups is 2. The van der Waals surface area contributed by atoms with Crippen LogP contribution in [0, 0.1) is 0 Å². The zero-order chi connectivity index (χ0) is 20.3. The first-order chi connectivity index (χ1) is 13.9. The van der Waals surface area contributed by atoms with Crippen LogP contribution in [-0.2, 0) is 5.41 Å². The zero-order valence-corrected chi connectivity index (χ0v) is 17.5. The summed E-state index contributed by atoms with van der Waals surface area (Å²) in [6.45, 7) is 0.618. The fourth-order valence-electron chi connectivity index (χ4n) is 4.24. The van der Waals surface area contributed by atoms with Gasteiger partial charge in [-0.25, -0.2) is 0 Å². The minimum atomic E-state index is -0.432. The van der Waals surface area contributed by atoms with Crippen LogP contribution in [0.25, 0.3) is 32.8 Å². The van der Waals surface area contributed by atoms with E-state index < -0.39 is 5.56 Å². The van der Waals surface area contributed by atoms with Crippen LogP contribution in [0.5, 0.6) is 11.5 Å². The first-order valence-corrected chi connectivity index (χ1v) is 9.83. The first-order valence-electron chi connectivity index (χ1n) is 9.45. The van der Waals surface area contributed by atoms with E-state index in [-0.39, 0.29) is 39.7 Å². The molecule has 1 aliphatic carbocycles. The number of nitrogens with two attached hydrogens (primary N) is 1. The highest BCUT2D eigenvalue weighted by molar-refractivity contribution is 6.37. The highest BCUT2D eigenvalue weighted by atomic mass is 35.5. The van der Waals surface area contributed by atoms with Gasteiger partial charge in [0.1, 0.15) is 11.5 Å². The smallest absolute Gasteiger partial charge is 0.260 e. The molecular weight excluding hydrogens is 423 g/mol. The Kier molecular flexibility index (Phi) is 4.93. The number of H-pyrrole nitrogens is 1. The topological polar surface area (TPSA) is 99.3 Å². The number of phenols is 2. The molecule has 0 aliphatic heterocycles. The summed E-state index contributed by atoms with van der Waals surface area (Å²) in [5.74, 6) is -0.114. The number of pyridine rings is 1. The van der Waals surface area contributed by atoms with Gasteiger partial charge in [-0.15, -0.1) is 12.4 Å². The standard InChI is InChI=1S/C23H19ClN2O3.ClH/c24-15-10-17(28)18(12-4-6-13(7-5-12)23(11-25)8-9-23)20-14-2-1-3-16(27)19(14)22(29)26-21(15)20;/h1-7,10,27-28H,8-9,11,25H2,(H,26,29);1H. The Morgan fingerprint density at radius 2 is 1.73 bits per heavy atom. The van der Waals surface area contributed by atoms with Gasteiger partial charge in [0.25, 0.3) is 5.56 Å². The van der Waals surface area contributed by atoms with Gasteiger partial charge in [0.05, 0.1) is 15.9 Å². The summed E-state index contributed by atoms with van der Waals surface area (Å²) in [5, 5.41) is 22.5. The molecule has 0 atom stereocenters. The molecule has 5 rings (SSSR count). The van der Waals surface area contributed by atoms with E-state index in [4.69, 9.17) is 17.3 Å². The molecule has 1 aromatic heterocycles. The summed E-state index contributed by atoms with van der Waals surface area (Å²) in [4.78, 5) is 15.3. The summed E-state index contributed by atoms with van der Waals surface area (Å²) >= 11 is 6.34. The van der Waals surface area contributed by atoms with Crippen LogP contribution in [0.4, 0.5) is 0 Å². The monoisotopic (exact) mass is 442 g/mol. The van der Waals surface area contributed by atoms with Crippen molar-refractivity contribution in [3.8, 4) is 22.6 Å². The van der Waals surface area contributed by atoms with E-state index in [1.807, 2.05) is 24.3 Å². The van der Waals surface area contributed by atoms with Crippen LogP contribution in [-0.4, -0.2) is 21.7 Å². The molecule has 7 heteroatoms. The molecule has 0 amide bonds. The molecule has 1 fully saturated rings. The largest absolute Gasteiger partial charge is 0.507 e. The SMILES string of the molecule is Cl.NCC1(c2ccc(-c3c(O)cc(Cl)c4[nH]c(=O)c5c(O)cccc5c34)cc2)CC1. The van der Waals surface area contributed by atoms with Crippen LogP contribution in [0.1, 0.15) is 18.4 Å². The van der Waals surface area contributed by atoms with Gasteiger partial charge in [-0.3, -0.25) is 4.79 Å². The molecule has 5 nitrogen and oxygen atoms in total. The molecule has 154 valence electrons. The van der Waals surface area contributed by atoms with Crippen molar-refractivity contribution in [3.63, 3.8) is 0 Å². The maximum atomic E-state index is 12.5. The number of aromatic amines is 1. The second-order valence-electron chi connectivity index (χ2n) is 7.72. The lowest BCUT2D eigenvalue weighted by Crippen LogP contribution is -2.19. The molecule has 3 aromatic carbocycles. The van der Waals surface area contributed by atoms with Crippen LogP contribution in [0.2, 0.25) is 5.02 Å². The lowest BCUT2D eigenvalue weighted by molar-refractivity contribution is 0.478. The predicted octanol–water partition coefficient (Wildman–Crippen LogP) is 4.83. The van der Waals surface area contributed by atoms with Gasteiger partial charge >= 0.3 is 0 Å². The van der Waals surface area contributed by atoms with Gasteiger partial charge in [0.15, 0.2) is 0 Å². The van der Waals surface area contributed by atoms with Crippen molar-refractivity contribution >= 4 is 45.7 Å². The number of rotatable bonds is 3. The summed E-state index contributed by atoms with van der Waals surface area (Å²) in [6, 6.07) is 14.3. The van der Waals surface area contributed by atoms with Crippen LogP contribution in [0.3, 0.4) is 0 Å². The van der Waals surface area contributed by atoms with Gasteiger partial charge in [0.2, 0.25) is 0 Å². The van der Waals surface area contributed by atoms with E-state index in [0.29, 0.717) is 28.4 Å². The molecule has 1 aliphatic rings. The summed E-state index contributed by atoms with van der Waals surface area (Å²) in [7, 11) is 0. The molecule has 0 unspecified atom stereocenters. The minimum absolute atomic E-state index is 0. The lowest BCUT2D eigenvalue weighted by Gasteiger charge is -2.16. The number of benzene rings is 3. The second-order valence-corrected chi connectivity index (χ2v) is 8.13. The minimum Gasteiger partial charge on any atom is -0.507 e. The third-order valence-corrected chi connectivity index (χ3v) is 6.36. The van der Waals surface area contributed by atoms with Gasteiger partial charge in [-0.05, 0) is 30.0 Å². The highest BCUT2D eigenvalue weighted by Gasteiger charge is 2.42. The van der Waals surface area contributed by atoms with Crippen molar-refractivity contribution < 1.29 is 10.2 Å². The van der Waals surface area contributed by atoms with Crippen LogP contribution < -0.4 is 11.3 Å². The van der Waals surface area contributed by atoms with Crippen LogP contribution >= 0.6 is 24.0 Å². The van der Waals surface area contributed by atoms with Gasteiger partial charge in [0, 0.05) is 34.4 Å². The summed E-state index contributed by atoms with van der Waals surface area (Å²) in [5.41, 5.74) is 8.55. The number of nitrogens with one attached hydrogen (secondary N) is 1. The Morgan fingerprint density at radius 3 is 2.37 bits per heavy atom. The van der Waals surface area contributed by atoms with Crippen molar-refractivity contribution in [2.75, 3.05) is 6.54 Å². The van der Waals surface area contributed by atoms with Crippen molar-refractivity contribution in [2.24, 2.45) is 5.73 Å². The molecular formula is C23H20Cl2N2O3. The number of fused-ring (bicyclic) bond motifs is 3. The molecule has 30 heavy (non-hydrogen) atoms.